The number of likely N-dealkylation sites (tertiary alicyclic amines) is 2. The summed E-state index contributed by atoms with van der Waals surface area (Å²) in [6, 6.07) is 16.2. The Morgan fingerprint density at radius 3 is 2.28 bits per heavy atom. The second-order valence-electron chi connectivity index (χ2n) is 13.2. The van der Waals surface area contributed by atoms with Gasteiger partial charge in [-0.25, -0.2) is 14.2 Å². The fourth-order valence-corrected chi connectivity index (χ4v) is 6.39. The normalized spacial score (nSPS) is 18.2. The number of aryl methyl sites for hydroxylation is 1. The van der Waals surface area contributed by atoms with Crippen molar-refractivity contribution in [2.45, 2.75) is 57.5 Å². The van der Waals surface area contributed by atoms with E-state index in [2.05, 4.69) is 34.2 Å². The number of ether oxygens (including phenoxy) is 1. The van der Waals surface area contributed by atoms with Gasteiger partial charge in [-0.3, -0.25) is 19.8 Å². The van der Waals surface area contributed by atoms with E-state index < -0.39 is 11.2 Å². The number of Topliss-reactive ketones (excluding diaryl/α,β-unsaturated/α-hetero) is 2. The van der Waals surface area contributed by atoms with Crippen molar-refractivity contribution in [3.63, 3.8) is 0 Å². The third-order valence-electron chi connectivity index (χ3n) is 9.77. The number of piperidine rings is 1. The maximum Gasteiger partial charge on any atom is 0.323 e. The first-order valence-corrected chi connectivity index (χ1v) is 16.1. The quantitative estimate of drug-likeness (QED) is 0.290. The van der Waals surface area contributed by atoms with Crippen LogP contribution in [0.25, 0.3) is 0 Å². The number of halogens is 1. The molecule has 1 aliphatic carbocycles. The molecule has 9 nitrogen and oxygen atoms in total. The number of benzene rings is 2. The number of likely N-dealkylation sites (N-methyl/N-ethyl adjacent to an activating group) is 1. The van der Waals surface area contributed by atoms with Crippen molar-refractivity contribution < 1.29 is 23.5 Å². The molecule has 242 valence electrons. The van der Waals surface area contributed by atoms with Gasteiger partial charge in [0, 0.05) is 69.4 Å². The number of nitrogens with one attached hydrogen (secondary N) is 1. The maximum absolute atomic E-state index is 15.1. The van der Waals surface area contributed by atoms with E-state index in [-0.39, 0.29) is 41.8 Å². The Labute approximate surface area is 269 Å². The second kappa shape index (κ2) is 13.3. The smallest absolute Gasteiger partial charge is 0.323 e. The molecule has 1 saturated carbocycles. The molecule has 3 heterocycles. The molecule has 0 bridgehead atoms. The third kappa shape index (κ3) is 7.13. The van der Waals surface area contributed by atoms with Gasteiger partial charge in [0.05, 0.1) is 5.41 Å². The average Bonchev–Trinajstić information content (AvgIpc) is 3.82. The fraction of sp³-hybridized carbons (Fsp3) is 0.444. The molecule has 1 N–H and O–H groups in total. The predicted octanol–water partition coefficient (Wildman–Crippen LogP) is 5.27. The van der Waals surface area contributed by atoms with Crippen molar-refractivity contribution >= 4 is 23.4 Å². The third-order valence-corrected chi connectivity index (χ3v) is 9.77. The number of carbonyl (C=O) groups excluding carboxylic acids is 3. The van der Waals surface area contributed by atoms with Crippen molar-refractivity contribution in [1.29, 1.82) is 0 Å². The molecule has 2 saturated heterocycles. The number of urea groups is 1. The number of hydrogen-bond donors (Lipinski definition) is 1. The molecule has 1 aromatic heterocycles. The zero-order valence-corrected chi connectivity index (χ0v) is 26.8. The SMILES string of the molecule is Cc1ccc(CC(=O)C2(C(=O)Cc3ccc(Oc4ccnc(NC(=O)N5CCC(N6CC(N(C)C)C6)CC5)c4)cc3F)CC2)cc1. The summed E-state index contributed by atoms with van der Waals surface area (Å²) in [5, 5.41) is 2.86. The van der Waals surface area contributed by atoms with E-state index in [1.54, 1.807) is 18.2 Å². The molecule has 2 amide bonds. The van der Waals surface area contributed by atoms with Crippen molar-refractivity contribution in [3.05, 3.63) is 83.3 Å². The highest BCUT2D eigenvalue weighted by Crippen LogP contribution is 2.49. The Balaban J connectivity index is 0.999. The van der Waals surface area contributed by atoms with E-state index in [9.17, 15) is 14.4 Å². The number of anilines is 1. The second-order valence-corrected chi connectivity index (χ2v) is 13.2. The van der Waals surface area contributed by atoms with E-state index in [4.69, 9.17) is 4.74 Å². The summed E-state index contributed by atoms with van der Waals surface area (Å²) in [7, 11) is 4.23. The van der Waals surface area contributed by atoms with Crippen LogP contribution >= 0.6 is 0 Å². The molecular weight excluding hydrogens is 585 g/mol. The molecule has 3 fully saturated rings. The summed E-state index contributed by atoms with van der Waals surface area (Å²) in [5.41, 5.74) is 1.20. The number of pyridine rings is 1. The van der Waals surface area contributed by atoms with E-state index in [0.717, 1.165) is 37.1 Å². The molecule has 6 rings (SSSR count). The van der Waals surface area contributed by atoms with Gasteiger partial charge in [-0.05, 0) is 70.0 Å². The van der Waals surface area contributed by atoms with Gasteiger partial charge >= 0.3 is 6.03 Å². The minimum absolute atomic E-state index is 0.100. The highest BCUT2D eigenvalue weighted by atomic mass is 19.1. The number of aromatic nitrogens is 1. The summed E-state index contributed by atoms with van der Waals surface area (Å²) >= 11 is 0. The van der Waals surface area contributed by atoms with Crippen molar-refractivity contribution in [2.75, 3.05) is 45.6 Å². The van der Waals surface area contributed by atoms with Crippen LogP contribution in [0.5, 0.6) is 11.5 Å². The molecule has 2 aliphatic heterocycles. The monoisotopic (exact) mass is 627 g/mol. The van der Waals surface area contributed by atoms with Crippen molar-refractivity contribution in [2.24, 2.45) is 5.41 Å². The predicted molar refractivity (Wildman–Crippen MR) is 174 cm³/mol. The lowest BCUT2D eigenvalue weighted by atomic mass is 9.87. The Morgan fingerprint density at radius 1 is 0.957 bits per heavy atom. The molecule has 3 aromatic rings. The summed E-state index contributed by atoms with van der Waals surface area (Å²) in [5.74, 6) is 0.0617. The molecule has 0 spiro atoms. The van der Waals surface area contributed by atoms with Crippen LogP contribution in [-0.4, -0.2) is 89.6 Å². The summed E-state index contributed by atoms with van der Waals surface area (Å²) in [6.45, 7) is 5.53. The van der Waals surface area contributed by atoms with E-state index in [1.807, 2.05) is 36.1 Å². The van der Waals surface area contributed by atoms with Crippen LogP contribution in [0.4, 0.5) is 15.0 Å². The van der Waals surface area contributed by atoms with Crippen LogP contribution in [0.3, 0.4) is 0 Å². The zero-order chi connectivity index (χ0) is 32.4. The summed E-state index contributed by atoms with van der Waals surface area (Å²) in [4.78, 5) is 50.0. The number of amides is 2. The minimum atomic E-state index is -1.01. The fourth-order valence-electron chi connectivity index (χ4n) is 6.39. The molecule has 2 aromatic carbocycles. The van der Waals surface area contributed by atoms with Gasteiger partial charge in [0.15, 0.2) is 11.6 Å². The lowest BCUT2D eigenvalue weighted by molar-refractivity contribution is -0.133. The summed E-state index contributed by atoms with van der Waals surface area (Å²) < 4.78 is 21.0. The maximum atomic E-state index is 15.1. The molecule has 3 aliphatic rings. The van der Waals surface area contributed by atoms with Crippen LogP contribution in [0, 0.1) is 18.2 Å². The number of hydrogen-bond acceptors (Lipinski definition) is 7. The van der Waals surface area contributed by atoms with Gasteiger partial charge in [-0.15, -0.1) is 0 Å². The molecule has 10 heteroatoms. The summed E-state index contributed by atoms with van der Waals surface area (Å²) in [6.07, 6.45) is 4.48. The number of ketones is 2. The van der Waals surface area contributed by atoms with Gasteiger partial charge in [0.1, 0.15) is 23.1 Å². The lowest BCUT2D eigenvalue weighted by Gasteiger charge is -2.49. The van der Waals surface area contributed by atoms with Gasteiger partial charge < -0.3 is 14.5 Å². The van der Waals surface area contributed by atoms with Crippen LogP contribution in [-0.2, 0) is 22.4 Å². The van der Waals surface area contributed by atoms with Crippen molar-refractivity contribution in [1.82, 2.24) is 19.7 Å². The zero-order valence-electron chi connectivity index (χ0n) is 26.8. The van der Waals surface area contributed by atoms with Gasteiger partial charge in [0.2, 0.25) is 0 Å². The molecule has 0 atom stereocenters. The van der Waals surface area contributed by atoms with Gasteiger partial charge in [-0.1, -0.05) is 35.9 Å². The van der Waals surface area contributed by atoms with Crippen molar-refractivity contribution in [3.8, 4) is 11.5 Å². The van der Waals surface area contributed by atoms with Crippen LogP contribution in [0.15, 0.2) is 60.8 Å². The Morgan fingerprint density at radius 2 is 1.63 bits per heavy atom. The average molecular weight is 628 g/mol. The van der Waals surface area contributed by atoms with E-state index in [1.165, 1.54) is 18.3 Å². The standard InChI is InChI=1S/C36H42FN5O4/c1-24-4-6-25(7-5-24)18-32(43)36(13-14-36)33(44)19-26-8-9-29(20-31(26)37)46-30-10-15-38-34(21-30)39-35(45)41-16-11-27(12-17-41)42-22-28(23-42)40(2)3/h4-10,15,20-21,27-28H,11-14,16-19,22-23H2,1-3H3,(H,38,39,45). The van der Waals surface area contributed by atoms with Crippen LogP contribution in [0.2, 0.25) is 0 Å². The first-order chi connectivity index (χ1) is 22.1. The van der Waals surface area contributed by atoms with Gasteiger partial charge in [-0.2, -0.15) is 0 Å². The first-order valence-electron chi connectivity index (χ1n) is 16.1. The molecular formula is C36H42FN5O4. The number of carbonyl (C=O) groups is 3. The molecule has 46 heavy (non-hydrogen) atoms. The van der Waals surface area contributed by atoms with E-state index in [0.29, 0.717) is 49.6 Å². The number of nitrogens with zero attached hydrogens (tertiary/aromatic N) is 4. The highest BCUT2D eigenvalue weighted by molar-refractivity contribution is 6.11. The van der Waals surface area contributed by atoms with E-state index >= 15 is 4.39 Å². The Bertz CT molecular complexity index is 1590. The highest BCUT2D eigenvalue weighted by Gasteiger charge is 2.54. The Hall–Kier alpha value is -4.15. The number of rotatable bonds is 11. The minimum Gasteiger partial charge on any atom is -0.457 e. The van der Waals surface area contributed by atoms with Gasteiger partial charge in [0.25, 0.3) is 0 Å². The largest absolute Gasteiger partial charge is 0.457 e. The van der Waals surface area contributed by atoms with Crippen LogP contribution < -0.4 is 10.1 Å². The molecule has 0 radical (unpaired) electrons. The first kappa shape index (κ1) is 31.8. The molecule has 0 unspecified atom stereocenters. The van der Waals surface area contributed by atoms with Crippen LogP contribution in [0.1, 0.15) is 42.4 Å². The Kier molecular flexibility index (Phi) is 9.20. The topological polar surface area (TPSA) is 95.1 Å². The lowest BCUT2D eigenvalue weighted by Crippen LogP contribution is -2.62.